The van der Waals surface area contributed by atoms with Gasteiger partial charge in [-0.3, -0.25) is 4.79 Å². The third-order valence-electron chi connectivity index (χ3n) is 3.17. The van der Waals surface area contributed by atoms with Crippen LogP contribution in [0.15, 0.2) is 47.6 Å². The van der Waals surface area contributed by atoms with E-state index in [-0.39, 0.29) is 12.4 Å². The number of benzene rings is 2. The number of hydrogen-bond acceptors (Lipinski definition) is 5. The number of aromatic hydroxyl groups is 1. The third-order valence-corrected chi connectivity index (χ3v) is 3.40. The Bertz CT molecular complexity index is 763. The summed E-state index contributed by atoms with van der Waals surface area (Å²) in [4.78, 5) is 12.0. The van der Waals surface area contributed by atoms with Gasteiger partial charge in [-0.15, -0.1) is 0 Å². The number of halogens is 1. The van der Waals surface area contributed by atoms with Crippen molar-refractivity contribution in [2.24, 2.45) is 5.10 Å². The van der Waals surface area contributed by atoms with Gasteiger partial charge in [0.1, 0.15) is 12.4 Å². The number of rotatable bonds is 3. The van der Waals surface area contributed by atoms with Crippen LogP contribution in [0.25, 0.3) is 0 Å². The van der Waals surface area contributed by atoms with Crippen LogP contribution in [0.5, 0.6) is 17.2 Å². The summed E-state index contributed by atoms with van der Waals surface area (Å²) in [5.41, 5.74) is 2.74. The molecule has 0 aromatic heterocycles. The average molecular weight is 333 g/mol. The zero-order valence-corrected chi connectivity index (χ0v) is 12.7. The molecule has 1 aliphatic rings. The van der Waals surface area contributed by atoms with Crippen LogP contribution >= 0.6 is 11.6 Å². The molecule has 1 aliphatic heterocycles. The zero-order chi connectivity index (χ0) is 16.2. The second kappa shape index (κ2) is 6.58. The molecule has 0 fully saturated rings. The van der Waals surface area contributed by atoms with Crippen molar-refractivity contribution in [3.05, 3.63) is 53.1 Å². The highest BCUT2D eigenvalue weighted by Crippen LogP contribution is 2.30. The Balaban J connectivity index is 1.62. The van der Waals surface area contributed by atoms with Crippen molar-refractivity contribution in [3.63, 3.8) is 0 Å². The SMILES string of the molecule is O=C(N/N=C/c1cc(Cl)ccc1O)[C@H]1COc2ccccc2O1. The van der Waals surface area contributed by atoms with Crippen LogP contribution in [0.1, 0.15) is 5.56 Å². The molecule has 0 spiro atoms. The fraction of sp³-hybridized carbons (Fsp3) is 0.125. The van der Waals surface area contributed by atoms with Crippen molar-refractivity contribution < 1.29 is 19.4 Å². The Morgan fingerprint density at radius 2 is 2.09 bits per heavy atom. The molecule has 0 saturated carbocycles. The third kappa shape index (κ3) is 3.54. The van der Waals surface area contributed by atoms with Crippen LogP contribution in [-0.2, 0) is 4.79 Å². The molecule has 118 valence electrons. The smallest absolute Gasteiger partial charge is 0.284 e. The summed E-state index contributed by atoms with van der Waals surface area (Å²) in [6.45, 7) is 0.0980. The van der Waals surface area contributed by atoms with Crippen molar-refractivity contribution in [2.75, 3.05) is 6.61 Å². The number of para-hydroxylation sites is 2. The molecule has 0 radical (unpaired) electrons. The summed E-state index contributed by atoms with van der Waals surface area (Å²) in [7, 11) is 0. The van der Waals surface area contributed by atoms with Crippen LogP contribution < -0.4 is 14.9 Å². The Hall–Kier alpha value is -2.73. The summed E-state index contributed by atoms with van der Waals surface area (Å²) in [6.07, 6.45) is 0.506. The highest BCUT2D eigenvalue weighted by atomic mass is 35.5. The predicted octanol–water partition coefficient (Wildman–Crippen LogP) is 2.34. The van der Waals surface area contributed by atoms with E-state index in [4.69, 9.17) is 21.1 Å². The second-order valence-corrected chi connectivity index (χ2v) is 5.24. The number of carbonyl (C=O) groups is 1. The maximum absolute atomic E-state index is 12.0. The van der Waals surface area contributed by atoms with E-state index in [1.807, 2.05) is 6.07 Å². The van der Waals surface area contributed by atoms with Gasteiger partial charge in [-0.05, 0) is 30.3 Å². The molecular weight excluding hydrogens is 320 g/mol. The number of nitrogens with one attached hydrogen (secondary N) is 1. The standard InChI is InChI=1S/C16H13ClN2O4/c17-11-5-6-12(20)10(7-11)8-18-19-16(21)15-9-22-13-3-1-2-4-14(13)23-15/h1-8,15,20H,9H2,(H,19,21)/b18-8+/t15-/m1/s1. The minimum atomic E-state index is -0.796. The molecule has 1 amide bonds. The summed E-state index contributed by atoms with van der Waals surface area (Å²) in [6, 6.07) is 11.6. The number of phenolic OH excluding ortho intramolecular Hbond substituents is 1. The summed E-state index contributed by atoms with van der Waals surface area (Å²) in [5.74, 6) is 0.676. The van der Waals surface area contributed by atoms with Gasteiger partial charge < -0.3 is 14.6 Å². The van der Waals surface area contributed by atoms with Crippen LogP contribution in [-0.4, -0.2) is 29.9 Å². The van der Waals surface area contributed by atoms with Crippen LogP contribution in [0, 0.1) is 0 Å². The molecule has 2 aromatic rings. The first-order chi connectivity index (χ1) is 11.1. The van der Waals surface area contributed by atoms with Crippen molar-refractivity contribution in [2.45, 2.75) is 6.10 Å². The lowest BCUT2D eigenvalue weighted by atomic mass is 10.2. The van der Waals surface area contributed by atoms with Gasteiger partial charge in [-0.1, -0.05) is 23.7 Å². The number of fused-ring (bicyclic) bond motifs is 1. The molecule has 2 N–H and O–H groups in total. The van der Waals surface area contributed by atoms with Gasteiger partial charge in [-0.2, -0.15) is 5.10 Å². The van der Waals surface area contributed by atoms with Crippen LogP contribution in [0.3, 0.4) is 0 Å². The zero-order valence-electron chi connectivity index (χ0n) is 11.9. The minimum absolute atomic E-state index is 0.0126. The first-order valence-electron chi connectivity index (χ1n) is 6.83. The van der Waals surface area contributed by atoms with Crippen molar-refractivity contribution >= 4 is 23.7 Å². The summed E-state index contributed by atoms with van der Waals surface area (Å²) < 4.78 is 11.0. The van der Waals surface area contributed by atoms with Gasteiger partial charge in [0.2, 0.25) is 6.10 Å². The fourth-order valence-corrected chi connectivity index (χ4v) is 2.20. The lowest BCUT2D eigenvalue weighted by Crippen LogP contribution is -2.42. The van der Waals surface area contributed by atoms with Gasteiger partial charge in [-0.25, -0.2) is 5.43 Å². The molecule has 3 rings (SSSR count). The molecule has 0 unspecified atom stereocenters. The quantitative estimate of drug-likeness (QED) is 0.668. The van der Waals surface area contributed by atoms with Crippen LogP contribution in [0.2, 0.25) is 5.02 Å². The topological polar surface area (TPSA) is 80.2 Å². The Kier molecular flexibility index (Phi) is 4.34. The van der Waals surface area contributed by atoms with Crippen molar-refractivity contribution in [1.29, 1.82) is 0 Å². The molecule has 0 bridgehead atoms. The minimum Gasteiger partial charge on any atom is -0.507 e. The van der Waals surface area contributed by atoms with Gasteiger partial charge in [0.15, 0.2) is 11.5 Å². The molecular formula is C16H13ClN2O4. The number of phenols is 1. The highest BCUT2D eigenvalue weighted by molar-refractivity contribution is 6.30. The molecule has 1 atom stereocenters. The normalized spacial score (nSPS) is 16.3. The Labute approximate surface area is 137 Å². The van der Waals surface area contributed by atoms with E-state index in [2.05, 4.69) is 10.5 Å². The van der Waals surface area contributed by atoms with Gasteiger partial charge >= 0.3 is 0 Å². The predicted molar refractivity (Wildman–Crippen MR) is 85.2 cm³/mol. The number of amides is 1. The molecule has 0 saturated heterocycles. The van der Waals surface area contributed by atoms with Crippen LogP contribution in [0.4, 0.5) is 0 Å². The lowest BCUT2D eigenvalue weighted by molar-refractivity contribution is -0.130. The van der Waals surface area contributed by atoms with Crippen molar-refractivity contribution in [3.8, 4) is 17.2 Å². The second-order valence-electron chi connectivity index (χ2n) is 4.80. The van der Waals surface area contributed by atoms with Gasteiger partial charge in [0.25, 0.3) is 5.91 Å². The maximum Gasteiger partial charge on any atom is 0.284 e. The fourth-order valence-electron chi connectivity index (χ4n) is 2.01. The van der Waals surface area contributed by atoms with Gasteiger partial charge in [0.05, 0.1) is 6.21 Å². The van der Waals surface area contributed by atoms with E-state index >= 15 is 0 Å². The number of nitrogens with zero attached hydrogens (tertiary/aromatic N) is 1. The van der Waals surface area contributed by atoms with E-state index in [1.165, 1.54) is 18.3 Å². The molecule has 23 heavy (non-hydrogen) atoms. The Morgan fingerprint density at radius 3 is 2.91 bits per heavy atom. The van der Waals surface area contributed by atoms with E-state index in [0.29, 0.717) is 22.1 Å². The first-order valence-corrected chi connectivity index (χ1v) is 7.21. The largest absolute Gasteiger partial charge is 0.507 e. The number of hydrogen-bond donors (Lipinski definition) is 2. The van der Waals surface area contributed by atoms with E-state index in [1.54, 1.807) is 24.3 Å². The number of carbonyl (C=O) groups excluding carboxylic acids is 1. The van der Waals surface area contributed by atoms with E-state index in [0.717, 1.165) is 0 Å². The van der Waals surface area contributed by atoms with E-state index < -0.39 is 12.0 Å². The summed E-state index contributed by atoms with van der Waals surface area (Å²) in [5, 5.41) is 13.9. The van der Waals surface area contributed by atoms with Gasteiger partial charge in [0, 0.05) is 10.6 Å². The maximum atomic E-state index is 12.0. The molecule has 2 aromatic carbocycles. The molecule has 6 nitrogen and oxygen atoms in total. The monoisotopic (exact) mass is 332 g/mol. The first kappa shape index (κ1) is 15.2. The molecule has 7 heteroatoms. The molecule has 0 aliphatic carbocycles. The number of hydrazone groups is 1. The number of ether oxygens (including phenoxy) is 2. The highest BCUT2D eigenvalue weighted by Gasteiger charge is 2.26. The molecule has 1 heterocycles. The van der Waals surface area contributed by atoms with Crippen molar-refractivity contribution in [1.82, 2.24) is 5.43 Å². The average Bonchev–Trinajstić information content (AvgIpc) is 2.57. The Morgan fingerprint density at radius 1 is 1.30 bits per heavy atom. The van der Waals surface area contributed by atoms with E-state index in [9.17, 15) is 9.90 Å². The summed E-state index contributed by atoms with van der Waals surface area (Å²) >= 11 is 5.83. The lowest BCUT2D eigenvalue weighted by Gasteiger charge is -2.24.